The van der Waals surface area contributed by atoms with E-state index in [2.05, 4.69) is 10.2 Å². The Bertz CT molecular complexity index is 1070. The predicted octanol–water partition coefficient (Wildman–Crippen LogP) is 5.30. The molecule has 0 atom stereocenters. The minimum atomic E-state index is -0.583. The summed E-state index contributed by atoms with van der Waals surface area (Å²) in [6, 6.07) is 14.7. The lowest BCUT2D eigenvalue weighted by Crippen LogP contribution is -2.63. The van der Waals surface area contributed by atoms with Crippen LogP contribution in [0.25, 0.3) is 0 Å². The molecule has 0 bridgehead atoms. The number of azo groups is 1. The number of piperazine rings is 1. The largest absolute Gasteiger partial charge is 0.335 e. The number of aryl methyl sites for hydroxylation is 1. The quantitative estimate of drug-likeness (QED) is 0.340. The van der Waals surface area contributed by atoms with Gasteiger partial charge in [-0.05, 0) is 69.5 Å². The number of carbonyl (C=O) groups is 2. The third kappa shape index (κ3) is 6.48. The van der Waals surface area contributed by atoms with Crippen LogP contribution < -0.4 is 0 Å². The van der Waals surface area contributed by atoms with Gasteiger partial charge >= 0.3 is 0 Å². The molecule has 7 nitrogen and oxygen atoms in total. The second-order valence-corrected chi connectivity index (χ2v) is 9.33. The van der Waals surface area contributed by atoms with E-state index in [0.717, 1.165) is 11.3 Å². The summed E-state index contributed by atoms with van der Waals surface area (Å²) in [5.74, 6) is -0.391. The van der Waals surface area contributed by atoms with Gasteiger partial charge in [0.25, 0.3) is 11.8 Å². The first-order valence-corrected chi connectivity index (χ1v) is 11.4. The molecule has 1 aliphatic heterocycles. The topological polar surface area (TPSA) is 89.2 Å². The molecule has 0 saturated carbocycles. The fourth-order valence-corrected chi connectivity index (χ4v) is 4.12. The van der Waals surface area contributed by atoms with Crippen molar-refractivity contribution >= 4 is 34.8 Å². The molecule has 1 saturated heterocycles. The van der Waals surface area contributed by atoms with Gasteiger partial charge in [-0.15, -0.1) is 0 Å². The number of nitrogens with zero attached hydrogens (tertiary/aromatic N) is 4. The van der Waals surface area contributed by atoms with Gasteiger partial charge in [0.2, 0.25) is 0 Å². The molecule has 174 valence electrons. The van der Waals surface area contributed by atoms with Crippen LogP contribution in [0.2, 0.25) is 5.02 Å². The van der Waals surface area contributed by atoms with Gasteiger partial charge in [-0.3, -0.25) is 15.0 Å². The number of benzene rings is 2. The second-order valence-electron chi connectivity index (χ2n) is 8.89. The maximum atomic E-state index is 13.0. The highest BCUT2D eigenvalue weighted by Crippen LogP contribution is 2.24. The number of nitrogens with one attached hydrogen (secondary N) is 1. The molecule has 2 aromatic rings. The third-order valence-corrected chi connectivity index (χ3v) is 5.87. The number of hydrogen-bond acceptors (Lipinski definition) is 5. The molecule has 3 rings (SSSR count). The molecular formula is C25H30ClN5O2. The van der Waals surface area contributed by atoms with Gasteiger partial charge in [-0.2, -0.15) is 10.2 Å². The van der Waals surface area contributed by atoms with E-state index in [4.69, 9.17) is 17.0 Å². The normalized spacial score (nSPS) is 15.6. The SMILES string of the molecule is Cc1cccc(N=NCCCC(=N)C(=O)N2CCN(C(=O)c3cccc(Cl)c3)CC2(C)C)c1. The number of halogens is 1. The van der Waals surface area contributed by atoms with Gasteiger partial charge in [-0.25, -0.2) is 0 Å². The standard InChI is InChI=1S/C25H30ClN5O2/c1-18-7-4-10-21(15-18)29-28-12-6-11-22(27)24(33)31-14-13-30(17-25(31,2)3)23(32)19-8-5-9-20(26)16-19/h4-5,7-10,15-16,27H,6,11-14,17H2,1-3H3. The monoisotopic (exact) mass is 467 g/mol. The zero-order valence-corrected chi connectivity index (χ0v) is 20.1. The first-order chi connectivity index (χ1) is 15.7. The van der Waals surface area contributed by atoms with Crippen LogP contribution in [0.1, 0.15) is 42.6 Å². The lowest BCUT2D eigenvalue weighted by atomic mass is 9.96. The molecule has 2 aromatic carbocycles. The summed E-state index contributed by atoms with van der Waals surface area (Å²) < 4.78 is 0. The molecule has 2 amide bonds. The Kier molecular flexibility index (Phi) is 7.97. The zero-order valence-electron chi connectivity index (χ0n) is 19.3. The Labute approximate surface area is 200 Å². The van der Waals surface area contributed by atoms with Crippen LogP contribution in [0.15, 0.2) is 58.8 Å². The van der Waals surface area contributed by atoms with Crippen molar-refractivity contribution in [2.45, 2.75) is 39.2 Å². The van der Waals surface area contributed by atoms with E-state index in [9.17, 15) is 9.59 Å². The molecule has 33 heavy (non-hydrogen) atoms. The second kappa shape index (κ2) is 10.7. The smallest absolute Gasteiger partial charge is 0.268 e. The van der Waals surface area contributed by atoms with Crippen molar-refractivity contribution in [1.82, 2.24) is 9.80 Å². The van der Waals surface area contributed by atoms with Crippen molar-refractivity contribution in [3.63, 3.8) is 0 Å². The molecular weight excluding hydrogens is 438 g/mol. The highest BCUT2D eigenvalue weighted by Gasteiger charge is 2.39. The van der Waals surface area contributed by atoms with Crippen LogP contribution in [-0.2, 0) is 4.79 Å². The Morgan fingerprint density at radius 2 is 1.88 bits per heavy atom. The molecule has 1 heterocycles. The summed E-state index contributed by atoms with van der Waals surface area (Å²) in [6.07, 6.45) is 0.914. The van der Waals surface area contributed by atoms with Crippen molar-refractivity contribution in [2.75, 3.05) is 26.2 Å². The molecule has 0 aliphatic carbocycles. The van der Waals surface area contributed by atoms with E-state index in [1.165, 1.54) is 0 Å². The summed E-state index contributed by atoms with van der Waals surface area (Å²) in [4.78, 5) is 29.3. The van der Waals surface area contributed by atoms with Crippen LogP contribution in [0.3, 0.4) is 0 Å². The maximum Gasteiger partial charge on any atom is 0.268 e. The highest BCUT2D eigenvalue weighted by atomic mass is 35.5. The van der Waals surface area contributed by atoms with Crippen molar-refractivity contribution < 1.29 is 9.59 Å². The molecule has 0 spiro atoms. The van der Waals surface area contributed by atoms with Crippen molar-refractivity contribution in [3.05, 3.63) is 64.7 Å². The summed E-state index contributed by atoms with van der Waals surface area (Å²) in [7, 11) is 0. The minimum Gasteiger partial charge on any atom is -0.335 e. The highest BCUT2D eigenvalue weighted by molar-refractivity contribution is 6.37. The Morgan fingerprint density at radius 3 is 2.58 bits per heavy atom. The van der Waals surface area contributed by atoms with Crippen molar-refractivity contribution in [1.29, 1.82) is 5.41 Å². The average molecular weight is 468 g/mol. The van der Waals surface area contributed by atoms with E-state index in [1.54, 1.807) is 34.1 Å². The summed E-state index contributed by atoms with van der Waals surface area (Å²) >= 11 is 6.02. The van der Waals surface area contributed by atoms with E-state index in [0.29, 0.717) is 49.6 Å². The van der Waals surface area contributed by atoms with Crippen LogP contribution >= 0.6 is 11.6 Å². The first kappa shape index (κ1) is 24.6. The Morgan fingerprint density at radius 1 is 1.12 bits per heavy atom. The third-order valence-electron chi connectivity index (χ3n) is 5.64. The number of hydrogen-bond donors (Lipinski definition) is 1. The zero-order chi connectivity index (χ0) is 24.0. The number of amides is 2. The van der Waals surface area contributed by atoms with Gasteiger partial charge in [-0.1, -0.05) is 29.8 Å². The van der Waals surface area contributed by atoms with E-state index in [-0.39, 0.29) is 17.5 Å². The van der Waals surface area contributed by atoms with Crippen molar-refractivity contribution in [3.8, 4) is 0 Å². The lowest BCUT2D eigenvalue weighted by Gasteiger charge is -2.47. The van der Waals surface area contributed by atoms with Crippen LogP contribution in [0.4, 0.5) is 5.69 Å². The van der Waals surface area contributed by atoms with Gasteiger partial charge in [0.05, 0.1) is 23.5 Å². The van der Waals surface area contributed by atoms with Gasteiger partial charge < -0.3 is 9.80 Å². The van der Waals surface area contributed by atoms with E-state index < -0.39 is 5.54 Å². The van der Waals surface area contributed by atoms with Gasteiger partial charge in [0, 0.05) is 30.2 Å². The molecule has 8 heteroatoms. The maximum absolute atomic E-state index is 13.0. The molecule has 0 unspecified atom stereocenters. The predicted molar refractivity (Wildman–Crippen MR) is 131 cm³/mol. The average Bonchev–Trinajstić information content (AvgIpc) is 2.77. The van der Waals surface area contributed by atoms with Gasteiger partial charge in [0.1, 0.15) is 0 Å². The Hall–Kier alpha value is -3.06. The van der Waals surface area contributed by atoms with E-state index >= 15 is 0 Å². The molecule has 1 aliphatic rings. The van der Waals surface area contributed by atoms with Gasteiger partial charge in [0.15, 0.2) is 0 Å². The number of rotatable bonds is 7. The van der Waals surface area contributed by atoms with Crippen LogP contribution in [0.5, 0.6) is 0 Å². The Balaban J connectivity index is 1.51. The molecule has 0 radical (unpaired) electrons. The summed E-state index contributed by atoms with van der Waals surface area (Å²) in [5.41, 5.74) is 1.93. The molecule has 1 fully saturated rings. The first-order valence-electron chi connectivity index (χ1n) is 11.1. The molecule has 0 aromatic heterocycles. The minimum absolute atomic E-state index is 0.0587. The van der Waals surface area contributed by atoms with Crippen LogP contribution in [-0.4, -0.2) is 59.0 Å². The number of carbonyl (C=O) groups excluding carboxylic acids is 2. The fraction of sp³-hybridized carbons (Fsp3) is 0.400. The molecule has 1 N–H and O–H groups in total. The van der Waals surface area contributed by atoms with E-state index in [1.807, 2.05) is 45.0 Å². The summed E-state index contributed by atoms with van der Waals surface area (Å²) in [5, 5.41) is 17.1. The van der Waals surface area contributed by atoms with Crippen LogP contribution in [0, 0.1) is 12.3 Å². The lowest BCUT2D eigenvalue weighted by molar-refractivity contribution is -0.132. The van der Waals surface area contributed by atoms with Crippen molar-refractivity contribution in [2.24, 2.45) is 10.2 Å². The fourth-order valence-electron chi connectivity index (χ4n) is 3.93. The summed E-state index contributed by atoms with van der Waals surface area (Å²) in [6.45, 7) is 7.49.